The standard InChI is InChI=1S/C15H14FNO3S/c16-11-5-3-10(4-6-11)14(18)8-13(15(19)20)17-9-12-2-1-7-21-12/h1-7,13,17H,8-9H2,(H,19,20)/t13-/m1/s1. The van der Waals surface area contributed by atoms with Crippen molar-refractivity contribution in [2.75, 3.05) is 0 Å². The summed E-state index contributed by atoms with van der Waals surface area (Å²) >= 11 is 1.51. The van der Waals surface area contributed by atoms with Crippen LogP contribution >= 0.6 is 11.3 Å². The van der Waals surface area contributed by atoms with Crippen molar-refractivity contribution in [3.8, 4) is 0 Å². The summed E-state index contributed by atoms with van der Waals surface area (Å²) < 4.78 is 12.8. The largest absolute Gasteiger partial charge is 0.480 e. The molecule has 0 spiro atoms. The molecule has 0 fully saturated rings. The van der Waals surface area contributed by atoms with Gasteiger partial charge in [-0.25, -0.2) is 4.39 Å². The van der Waals surface area contributed by atoms with Gasteiger partial charge in [-0.3, -0.25) is 14.9 Å². The average Bonchev–Trinajstić information content (AvgIpc) is 2.96. The smallest absolute Gasteiger partial charge is 0.321 e. The molecule has 21 heavy (non-hydrogen) atoms. The molecule has 4 nitrogen and oxygen atoms in total. The number of carbonyl (C=O) groups excluding carboxylic acids is 1. The molecule has 0 unspecified atom stereocenters. The fourth-order valence-electron chi connectivity index (χ4n) is 1.82. The number of carbonyl (C=O) groups is 2. The van der Waals surface area contributed by atoms with Crippen molar-refractivity contribution in [1.29, 1.82) is 0 Å². The van der Waals surface area contributed by atoms with E-state index in [9.17, 15) is 19.1 Å². The zero-order chi connectivity index (χ0) is 15.2. The molecule has 1 atom stereocenters. The number of benzene rings is 1. The number of halogens is 1. The predicted molar refractivity (Wildman–Crippen MR) is 77.9 cm³/mol. The quantitative estimate of drug-likeness (QED) is 0.772. The summed E-state index contributed by atoms with van der Waals surface area (Å²) in [7, 11) is 0. The summed E-state index contributed by atoms with van der Waals surface area (Å²) in [5.74, 6) is -1.85. The number of carboxylic acid groups (broad SMARTS) is 1. The van der Waals surface area contributed by atoms with Crippen molar-refractivity contribution in [2.45, 2.75) is 19.0 Å². The predicted octanol–water partition coefficient (Wildman–Crippen LogP) is 2.70. The molecule has 0 aliphatic heterocycles. The second-order valence-electron chi connectivity index (χ2n) is 4.49. The zero-order valence-corrected chi connectivity index (χ0v) is 11.9. The second kappa shape index (κ2) is 7.10. The van der Waals surface area contributed by atoms with Crippen LogP contribution in [-0.4, -0.2) is 22.9 Å². The van der Waals surface area contributed by atoms with Gasteiger partial charge in [0.1, 0.15) is 11.9 Å². The summed E-state index contributed by atoms with van der Waals surface area (Å²) in [4.78, 5) is 24.2. The first-order valence-electron chi connectivity index (χ1n) is 6.33. The van der Waals surface area contributed by atoms with E-state index in [-0.39, 0.29) is 12.2 Å². The lowest BCUT2D eigenvalue weighted by molar-refractivity contribution is -0.139. The number of thiophene rings is 1. The molecule has 1 heterocycles. The van der Waals surface area contributed by atoms with Crippen molar-refractivity contribution in [3.05, 3.63) is 58.0 Å². The molecule has 1 aromatic heterocycles. The minimum absolute atomic E-state index is 0.174. The van der Waals surface area contributed by atoms with E-state index >= 15 is 0 Å². The highest BCUT2D eigenvalue weighted by atomic mass is 32.1. The summed E-state index contributed by atoms with van der Waals surface area (Å²) in [5.41, 5.74) is 0.306. The number of aliphatic carboxylic acids is 1. The maximum Gasteiger partial charge on any atom is 0.321 e. The highest BCUT2D eigenvalue weighted by molar-refractivity contribution is 7.09. The van der Waals surface area contributed by atoms with Crippen LogP contribution in [-0.2, 0) is 11.3 Å². The lowest BCUT2D eigenvalue weighted by Crippen LogP contribution is -2.37. The molecule has 2 N–H and O–H groups in total. The van der Waals surface area contributed by atoms with Crippen LogP contribution in [0.4, 0.5) is 4.39 Å². The molecule has 2 rings (SSSR count). The summed E-state index contributed by atoms with van der Waals surface area (Å²) in [6.07, 6.45) is -0.174. The number of Topliss-reactive ketones (excluding diaryl/α,β-unsaturated/α-hetero) is 1. The molecule has 1 aromatic carbocycles. The van der Waals surface area contributed by atoms with E-state index in [1.807, 2.05) is 17.5 Å². The molecule has 110 valence electrons. The normalized spacial score (nSPS) is 12.0. The third-order valence-corrected chi connectivity index (χ3v) is 3.83. The SMILES string of the molecule is O=C(C[C@@H](NCc1cccs1)C(=O)O)c1ccc(F)cc1. The Labute approximate surface area is 125 Å². The maximum absolute atomic E-state index is 12.8. The molecule has 6 heteroatoms. The first-order chi connectivity index (χ1) is 10.1. The fraction of sp³-hybridized carbons (Fsp3) is 0.200. The van der Waals surface area contributed by atoms with Crippen molar-refractivity contribution in [2.24, 2.45) is 0 Å². The van der Waals surface area contributed by atoms with Crippen LogP contribution in [0.5, 0.6) is 0 Å². The fourth-order valence-corrected chi connectivity index (χ4v) is 2.48. The van der Waals surface area contributed by atoms with E-state index in [1.165, 1.54) is 35.6 Å². The Kier molecular flexibility index (Phi) is 5.19. The van der Waals surface area contributed by atoms with Gasteiger partial charge in [0, 0.05) is 23.4 Å². The first-order valence-corrected chi connectivity index (χ1v) is 7.21. The van der Waals surface area contributed by atoms with Crippen LogP contribution in [0.15, 0.2) is 41.8 Å². The van der Waals surface area contributed by atoms with Gasteiger partial charge in [0.2, 0.25) is 0 Å². The number of ketones is 1. The maximum atomic E-state index is 12.8. The molecule has 0 saturated carbocycles. The van der Waals surface area contributed by atoms with Crippen LogP contribution in [0, 0.1) is 5.82 Å². The highest BCUT2D eigenvalue weighted by Crippen LogP contribution is 2.11. The van der Waals surface area contributed by atoms with Crippen LogP contribution in [0.2, 0.25) is 0 Å². The molecular weight excluding hydrogens is 293 g/mol. The van der Waals surface area contributed by atoms with Crippen LogP contribution in [0.1, 0.15) is 21.7 Å². The Bertz CT molecular complexity index is 610. The van der Waals surface area contributed by atoms with Crippen molar-refractivity contribution >= 4 is 23.1 Å². The number of nitrogens with one attached hydrogen (secondary N) is 1. The summed E-state index contributed by atoms with van der Waals surface area (Å²) in [5, 5.41) is 13.9. The van der Waals surface area contributed by atoms with Gasteiger partial charge >= 0.3 is 5.97 Å². The van der Waals surface area contributed by atoms with Crippen LogP contribution < -0.4 is 5.32 Å². The van der Waals surface area contributed by atoms with Gasteiger partial charge in [-0.1, -0.05) is 6.07 Å². The van der Waals surface area contributed by atoms with Gasteiger partial charge in [-0.05, 0) is 35.7 Å². The number of hydrogen-bond donors (Lipinski definition) is 2. The number of rotatable bonds is 7. The Hall–Kier alpha value is -2.05. The van der Waals surface area contributed by atoms with Gasteiger partial charge in [0.15, 0.2) is 5.78 Å². The molecule has 0 aliphatic carbocycles. The Balaban J connectivity index is 1.97. The van der Waals surface area contributed by atoms with E-state index in [4.69, 9.17) is 0 Å². The van der Waals surface area contributed by atoms with Gasteiger partial charge in [-0.2, -0.15) is 0 Å². The van der Waals surface area contributed by atoms with Gasteiger partial charge in [0.25, 0.3) is 0 Å². The van der Waals surface area contributed by atoms with Crippen molar-refractivity contribution in [1.82, 2.24) is 5.32 Å². The number of carboxylic acids is 1. The second-order valence-corrected chi connectivity index (χ2v) is 5.52. The molecule has 0 radical (unpaired) electrons. The lowest BCUT2D eigenvalue weighted by Gasteiger charge is -2.13. The Morgan fingerprint density at radius 2 is 1.95 bits per heavy atom. The minimum atomic E-state index is -1.08. The minimum Gasteiger partial charge on any atom is -0.480 e. The lowest BCUT2D eigenvalue weighted by atomic mass is 10.0. The van der Waals surface area contributed by atoms with Crippen LogP contribution in [0.25, 0.3) is 0 Å². The number of hydrogen-bond acceptors (Lipinski definition) is 4. The summed E-state index contributed by atoms with van der Waals surface area (Å²) in [6.45, 7) is 0.394. The average molecular weight is 307 g/mol. The van der Waals surface area contributed by atoms with E-state index in [0.29, 0.717) is 12.1 Å². The van der Waals surface area contributed by atoms with Gasteiger partial charge in [-0.15, -0.1) is 11.3 Å². The zero-order valence-electron chi connectivity index (χ0n) is 11.1. The first kappa shape index (κ1) is 15.3. The molecular formula is C15H14FNO3S. The van der Waals surface area contributed by atoms with Gasteiger partial charge in [0.05, 0.1) is 0 Å². The molecule has 0 saturated heterocycles. The van der Waals surface area contributed by atoms with Crippen molar-refractivity contribution < 1.29 is 19.1 Å². The van der Waals surface area contributed by atoms with Crippen molar-refractivity contribution in [3.63, 3.8) is 0 Å². The Morgan fingerprint density at radius 1 is 1.24 bits per heavy atom. The van der Waals surface area contributed by atoms with Gasteiger partial charge < -0.3 is 5.11 Å². The van der Waals surface area contributed by atoms with Crippen LogP contribution in [0.3, 0.4) is 0 Å². The van der Waals surface area contributed by atoms with E-state index in [2.05, 4.69) is 5.32 Å². The third-order valence-electron chi connectivity index (χ3n) is 2.96. The van der Waals surface area contributed by atoms with E-state index < -0.39 is 17.8 Å². The monoisotopic (exact) mass is 307 g/mol. The molecule has 0 amide bonds. The third kappa shape index (κ3) is 4.47. The Morgan fingerprint density at radius 3 is 2.52 bits per heavy atom. The molecule has 0 aliphatic rings. The van der Waals surface area contributed by atoms with E-state index in [1.54, 1.807) is 0 Å². The highest BCUT2D eigenvalue weighted by Gasteiger charge is 2.21. The van der Waals surface area contributed by atoms with E-state index in [0.717, 1.165) is 4.88 Å². The topological polar surface area (TPSA) is 66.4 Å². The summed E-state index contributed by atoms with van der Waals surface area (Å²) in [6, 6.07) is 7.87. The molecule has 2 aromatic rings. The molecule has 0 bridgehead atoms.